The van der Waals surface area contributed by atoms with E-state index in [2.05, 4.69) is 191 Å². The van der Waals surface area contributed by atoms with Gasteiger partial charge in [0.15, 0.2) is 0 Å². The Balaban J connectivity index is 1.18. The van der Waals surface area contributed by atoms with Gasteiger partial charge in [0.1, 0.15) is 0 Å². The van der Waals surface area contributed by atoms with E-state index in [1.807, 2.05) is 0 Å². The van der Waals surface area contributed by atoms with E-state index >= 15 is 0 Å². The number of aromatic nitrogens is 2. The third-order valence-corrected chi connectivity index (χ3v) is 9.86. The van der Waals surface area contributed by atoms with E-state index in [1.165, 1.54) is 76.6 Å². The Morgan fingerprint density at radius 2 is 0.896 bits per heavy atom. The summed E-state index contributed by atoms with van der Waals surface area (Å²) in [6.07, 6.45) is 0. The van der Waals surface area contributed by atoms with E-state index in [4.69, 9.17) is 0 Å². The number of benzene rings is 8. The Hall–Kier alpha value is -6.38. The highest BCUT2D eigenvalue weighted by Crippen LogP contribution is 2.41. The van der Waals surface area contributed by atoms with Crippen LogP contribution in [0.3, 0.4) is 0 Å². The molecule has 10 aromatic rings. The fraction of sp³-hybridized carbons (Fsp3) is 0. The molecule has 0 aliphatic carbocycles. The summed E-state index contributed by atoms with van der Waals surface area (Å²) in [7, 11) is 0. The average molecular weight is 611 g/mol. The van der Waals surface area contributed by atoms with Crippen LogP contribution >= 0.6 is 0 Å². The van der Waals surface area contributed by atoms with Gasteiger partial charge in [-0.15, -0.1) is 0 Å². The maximum Gasteiger partial charge on any atom is 0.0635 e. The van der Waals surface area contributed by atoms with Gasteiger partial charge in [-0.2, -0.15) is 0 Å². The number of hydrogen-bond donors (Lipinski definition) is 0. The SMILES string of the molecule is c1ccc(-c2cc3c(ccc4c5ccccc5n(-c5ccc(-c6ccc7cc8ccccc8cc7c6)cc5)c43)n2-c2ccccc2)cc1. The van der Waals surface area contributed by atoms with Crippen LogP contribution in [0.1, 0.15) is 0 Å². The van der Waals surface area contributed by atoms with Gasteiger partial charge in [0.2, 0.25) is 0 Å². The Bertz CT molecular complexity index is 2800. The molecule has 0 fully saturated rings. The molecular formula is C46H30N2. The van der Waals surface area contributed by atoms with Gasteiger partial charge >= 0.3 is 0 Å². The molecule has 0 radical (unpaired) electrons. The molecule has 0 bridgehead atoms. The van der Waals surface area contributed by atoms with Crippen molar-refractivity contribution in [3.05, 3.63) is 182 Å². The first-order valence-corrected chi connectivity index (χ1v) is 16.5. The van der Waals surface area contributed by atoms with Crippen molar-refractivity contribution >= 4 is 54.3 Å². The summed E-state index contributed by atoms with van der Waals surface area (Å²) in [5.41, 5.74) is 10.7. The molecule has 0 spiro atoms. The normalized spacial score (nSPS) is 11.8. The molecule has 0 amide bonds. The summed E-state index contributed by atoms with van der Waals surface area (Å²) in [4.78, 5) is 0. The minimum atomic E-state index is 1.15. The summed E-state index contributed by atoms with van der Waals surface area (Å²) in [6, 6.07) is 66.3. The van der Waals surface area contributed by atoms with Gasteiger partial charge in [-0.3, -0.25) is 0 Å². The van der Waals surface area contributed by atoms with Gasteiger partial charge in [0.25, 0.3) is 0 Å². The molecule has 0 N–H and O–H groups in total. The zero-order chi connectivity index (χ0) is 31.6. The van der Waals surface area contributed by atoms with Gasteiger partial charge in [-0.05, 0) is 98.9 Å². The van der Waals surface area contributed by atoms with Gasteiger partial charge in [-0.25, -0.2) is 0 Å². The minimum Gasteiger partial charge on any atom is -0.309 e. The Kier molecular flexibility index (Phi) is 5.91. The highest BCUT2D eigenvalue weighted by Gasteiger charge is 2.20. The molecular weight excluding hydrogens is 581 g/mol. The van der Waals surface area contributed by atoms with Crippen LogP contribution in [0.2, 0.25) is 0 Å². The zero-order valence-electron chi connectivity index (χ0n) is 26.2. The lowest BCUT2D eigenvalue weighted by Crippen LogP contribution is -1.97. The van der Waals surface area contributed by atoms with Gasteiger partial charge < -0.3 is 9.13 Å². The Morgan fingerprint density at radius 1 is 0.292 bits per heavy atom. The lowest BCUT2D eigenvalue weighted by atomic mass is 9.98. The predicted octanol–water partition coefficient (Wildman–Crippen LogP) is 12.4. The number of rotatable bonds is 4. The first kappa shape index (κ1) is 26.8. The van der Waals surface area contributed by atoms with Crippen LogP contribution in [-0.4, -0.2) is 9.13 Å². The smallest absolute Gasteiger partial charge is 0.0635 e. The van der Waals surface area contributed by atoms with E-state index < -0.39 is 0 Å². The molecule has 224 valence electrons. The predicted molar refractivity (Wildman–Crippen MR) is 203 cm³/mol. The molecule has 48 heavy (non-hydrogen) atoms. The molecule has 2 heteroatoms. The van der Waals surface area contributed by atoms with Crippen molar-refractivity contribution in [1.82, 2.24) is 9.13 Å². The largest absolute Gasteiger partial charge is 0.309 e. The fourth-order valence-electron chi connectivity index (χ4n) is 7.61. The van der Waals surface area contributed by atoms with Crippen molar-refractivity contribution in [1.29, 1.82) is 0 Å². The standard InChI is InChI=1S/C46H30N2/c1-3-11-32(12-4-1)45-30-42-44(47(45)38-15-5-2-6-16-38)26-25-41-40-17-9-10-18-43(40)48(46(41)42)39-23-21-31(22-24-39)35-19-20-36-27-33-13-7-8-14-34(33)28-37(36)29-35/h1-30H. The Morgan fingerprint density at radius 3 is 1.69 bits per heavy atom. The Labute approximate surface area is 278 Å². The molecule has 0 saturated heterocycles. The number of hydrogen-bond acceptors (Lipinski definition) is 0. The third kappa shape index (κ3) is 4.13. The van der Waals surface area contributed by atoms with Gasteiger partial charge in [0, 0.05) is 27.5 Å². The monoisotopic (exact) mass is 610 g/mol. The van der Waals surface area contributed by atoms with Crippen LogP contribution < -0.4 is 0 Å². The molecule has 10 rings (SSSR count). The molecule has 0 aliphatic heterocycles. The summed E-state index contributed by atoms with van der Waals surface area (Å²) in [5, 5.41) is 8.82. The molecule has 2 nitrogen and oxygen atoms in total. The molecule has 0 saturated carbocycles. The summed E-state index contributed by atoms with van der Waals surface area (Å²) < 4.78 is 4.85. The van der Waals surface area contributed by atoms with Crippen molar-refractivity contribution in [3.63, 3.8) is 0 Å². The second-order valence-electron chi connectivity index (χ2n) is 12.6. The highest BCUT2D eigenvalue weighted by molar-refractivity contribution is 6.19. The molecule has 0 unspecified atom stereocenters. The van der Waals surface area contributed by atoms with Crippen LogP contribution in [0.4, 0.5) is 0 Å². The van der Waals surface area contributed by atoms with Crippen molar-refractivity contribution in [2.75, 3.05) is 0 Å². The molecule has 8 aromatic carbocycles. The van der Waals surface area contributed by atoms with E-state index in [1.54, 1.807) is 0 Å². The zero-order valence-corrected chi connectivity index (χ0v) is 26.2. The van der Waals surface area contributed by atoms with Crippen molar-refractivity contribution < 1.29 is 0 Å². The first-order chi connectivity index (χ1) is 23.8. The highest BCUT2D eigenvalue weighted by atomic mass is 15.0. The van der Waals surface area contributed by atoms with E-state index in [-0.39, 0.29) is 0 Å². The summed E-state index contributed by atoms with van der Waals surface area (Å²) >= 11 is 0. The van der Waals surface area contributed by atoms with Gasteiger partial charge in [-0.1, -0.05) is 121 Å². The fourth-order valence-corrected chi connectivity index (χ4v) is 7.61. The second-order valence-corrected chi connectivity index (χ2v) is 12.6. The quantitative estimate of drug-likeness (QED) is 0.175. The van der Waals surface area contributed by atoms with Crippen molar-refractivity contribution in [2.45, 2.75) is 0 Å². The van der Waals surface area contributed by atoms with Crippen LogP contribution in [0.5, 0.6) is 0 Å². The molecule has 2 aromatic heterocycles. The third-order valence-electron chi connectivity index (χ3n) is 9.86. The second kappa shape index (κ2) is 10.6. The molecule has 2 heterocycles. The van der Waals surface area contributed by atoms with Crippen molar-refractivity contribution in [3.8, 4) is 33.8 Å². The average Bonchev–Trinajstić information content (AvgIpc) is 3.71. The summed E-state index contributed by atoms with van der Waals surface area (Å²) in [6.45, 7) is 0. The van der Waals surface area contributed by atoms with E-state index in [0.717, 1.165) is 11.4 Å². The van der Waals surface area contributed by atoms with Crippen LogP contribution in [0.25, 0.3) is 88.0 Å². The van der Waals surface area contributed by atoms with Gasteiger partial charge in [0.05, 0.1) is 22.2 Å². The lowest BCUT2D eigenvalue weighted by Gasteiger charge is -2.12. The lowest BCUT2D eigenvalue weighted by molar-refractivity contribution is 1.13. The van der Waals surface area contributed by atoms with Crippen molar-refractivity contribution in [2.24, 2.45) is 0 Å². The van der Waals surface area contributed by atoms with E-state index in [9.17, 15) is 0 Å². The topological polar surface area (TPSA) is 9.86 Å². The van der Waals surface area contributed by atoms with E-state index in [0.29, 0.717) is 0 Å². The maximum absolute atomic E-state index is 2.45. The van der Waals surface area contributed by atoms with Crippen LogP contribution in [0, 0.1) is 0 Å². The van der Waals surface area contributed by atoms with Crippen LogP contribution in [-0.2, 0) is 0 Å². The maximum atomic E-state index is 2.45. The number of para-hydroxylation sites is 2. The summed E-state index contributed by atoms with van der Waals surface area (Å²) in [5.74, 6) is 0. The minimum absolute atomic E-state index is 1.15. The van der Waals surface area contributed by atoms with Crippen LogP contribution in [0.15, 0.2) is 182 Å². The first-order valence-electron chi connectivity index (χ1n) is 16.5. The number of nitrogens with zero attached hydrogens (tertiary/aromatic N) is 2. The molecule has 0 aliphatic rings. The number of fused-ring (bicyclic) bond motifs is 7. The molecule has 0 atom stereocenters.